The Morgan fingerprint density at radius 1 is 1.31 bits per heavy atom. The Labute approximate surface area is 194 Å². The highest BCUT2D eigenvalue weighted by atomic mass is 19.1. The van der Waals surface area contributed by atoms with Crippen molar-refractivity contribution >= 4 is 0 Å². The molecule has 0 aliphatic heterocycles. The first-order chi connectivity index (χ1) is 15.1. The molecule has 2 nitrogen and oxygen atoms in total. The van der Waals surface area contributed by atoms with E-state index in [1.807, 2.05) is 26.0 Å². The number of alkyl halides is 1. The predicted octanol–water partition coefficient (Wildman–Crippen LogP) is 7.16. The summed E-state index contributed by atoms with van der Waals surface area (Å²) in [4.78, 5) is 0. The van der Waals surface area contributed by atoms with Crippen LogP contribution in [0.5, 0.6) is 0 Å². The van der Waals surface area contributed by atoms with Gasteiger partial charge in [0.15, 0.2) is 0 Å². The van der Waals surface area contributed by atoms with E-state index in [1.54, 1.807) is 5.57 Å². The number of allylic oxidation sites excluding steroid dienone is 7. The van der Waals surface area contributed by atoms with E-state index in [4.69, 9.17) is 0 Å². The van der Waals surface area contributed by atoms with E-state index in [-0.39, 0.29) is 11.8 Å². The number of aliphatic hydroxyl groups excluding tert-OH is 1. The molecule has 0 heterocycles. The Hall–Kier alpha value is -1.45. The maximum absolute atomic E-state index is 14.1. The highest BCUT2D eigenvalue weighted by Crippen LogP contribution is 2.57. The minimum absolute atomic E-state index is 0.168. The van der Waals surface area contributed by atoms with E-state index in [2.05, 4.69) is 38.7 Å². The quantitative estimate of drug-likeness (QED) is 0.411. The van der Waals surface area contributed by atoms with Crippen molar-refractivity contribution in [2.45, 2.75) is 103 Å². The molecule has 2 N–H and O–H groups in total. The molecule has 0 spiro atoms. The first-order valence-corrected chi connectivity index (χ1v) is 12.6. The molecular weight excluding hydrogens is 399 g/mol. The summed E-state index contributed by atoms with van der Waals surface area (Å²) >= 11 is 0. The van der Waals surface area contributed by atoms with Gasteiger partial charge in [-0.05, 0) is 79.8 Å². The van der Waals surface area contributed by atoms with Crippen LogP contribution in [0, 0.1) is 17.3 Å². The number of fused-ring (bicyclic) bond motifs is 1. The van der Waals surface area contributed by atoms with Gasteiger partial charge in [-0.25, -0.2) is 4.39 Å². The van der Waals surface area contributed by atoms with Crippen LogP contribution in [0.25, 0.3) is 0 Å². The van der Waals surface area contributed by atoms with Gasteiger partial charge in [-0.1, -0.05) is 75.8 Å². The number of hydrogen-bond donors (Lipinski definition) is 2. The largest absolute Gasteiger partial charge is 0.393 e. The van der Waals surface area contributed by atoms with Crippen LogP contribution in [0.1, 0.15) is 85.5 Å². The number of rotatable bonds is 7. The smallest absolute Gasteiger partial charge is 0.127 e. The lowest BCUT2D eigenvalue weighted by Gasteiger charge is -2.42. The summed E-state index contributed by atoms with van der Waals surface area (Å²) in [6.07, 6.45) is 16.8. The van der Waals surface area contributed by atoms with Gasteiger partial charge in [0.05, 0.1) is 11.7 Å². The highest BCUT2D eigenvalue weighted by molar-refractivity contribution is 5.40. The molecule has 5 atom stereocenters. The lowest BCUT2D eigenvalue weighted by Crippen LogP contribution is -2.32. The number of halogens is 1. The molecule has 3 aliphatic carbocycles. The zero-order valence-corrected chi connectivity index (χ0v) is 20.5. The second kappa shape index (κ2) is 10.2. The molecule has 0 aromatic heterocycles. The molecule has 0 bridgehead atoms. The number of hydrogen-bond acceptors (Lipinski definition) is 2. The molecule has 32 heavy (non-hydrogen) atoms. The van der Waals surface area contributed by atoms with Crippen LogP contribution in [0.3, 0.4) is 0 Å². The lowest BCUT2D eigenvalue weighted by molar-refractivity contribution is 0.0824. The van der Waals surface area contributed by atoms with Gasteiger partial charge >= 0.3 is 0 Å². The Kier molecular flexibility index (Phi) is 8.04. The van der Waals surface area contributed by atoms with Crippen LogP contribution in [-0.4, -0.2) is 28.1 Å². The maximum Gasteiger partial charge on any atom is 0.127 e. The van der Waals surface area contributed by atoms with Crippen molar-refractivity contribution in [3.05, 3.63) is 59.3 Å². The van der Waals surface area contributed by atoms with Crippen LogP contribution in [-0.2, 0) is 0 Å². The molecule has 0 aromatic carbocycles. The minimum atomic E-state index is -1.13. The molecule has 0 aromatic rings. The molecule has 0 saturated heterocycles. The molecule has 0 amide bonds. The van der Waals surface area contributed by atoms with Gasteiger partial charge in [-0.2, -0.15) is 0 Å². The van der Waals surface area contributed by atoms with Crippen molar-refractivity contribution in [1.82, 2.24) is 0 Å². The van der Waals surface area contributed by atoms with Crippen LogP contribution in [0.4, 0.5) is 4.39 Å². The Morgan fingerprint density at radius 3 is 2.72 bits per heavy atom. The van der Waals surface area contributed by atoms with E-state index in [9.17, 15) is 14.6 Å². The first-order valence-electron chi connectivity index (χ1n) is 12.6. The molecule has 3 aliphatic rings. The average Bonchev–Trinajstić information content (AvgIpc) is 3.12. The van der Waals surface area contributed by atoms with Gasteiger partial charge in [-0.15, -0.1) is 0 Å². The SMILES string of the molecule is C=C1/C(=C\C=C2/CCC[C@]3(C)C([C@@H](C)C/C=C/C(O)(CC)CC)=CCC23)C[C@@H](O)C[C@@H]1F. The van der Waals surface area contributed by atoms with Crippen LogP contribution in [0.15, 0.2) is 59.3 Å². The number of aliphatic hydroxyl groups is 2. The van der Waals surface area contributed by atoms with Crippen LogP contribution in [0.2, 0.25) is 0 Å². The fraction of sp³-hybridized carbons (Fsp3) is 0.655. The third-order valence-corrected chi connectivity index (χ3v) is 8.51. The normalized spacial score (nSPS) is 34.9. The molecular formula is C29H43FO2. The molecule has 0 radical (unpaired) electrons. The Bertz CT molecular complexity index is 813. The van der Waals surface area contributed by atoms with Crippen molar-refractivity contribution in [2.75, 3.05) is 0 Å². The highest BCUT2D eigenvalue weighted by Gasteiger charge is 2.45. The fourth-order valence-corrected chi connectivity index (χ4v) is 6.15. The maximum atomic E-state index is 14.1. The van der Waals surface area contributed by atoms with Gasteiger partial charge in [0.25, 0.3) is 0 Å². The van der Waals surface area contributed by atoms with Crippen molar-refractivity contribution in [3.8, 4) is 0 Å². The second-order valence-electron chi connectivity index (χ2n) is 10.6. The zero-order valence-electron chi connectivity index (χ0n) is 20.5. The Morgan fingerprint density at radius 2 is 2.03 bits per heavy atom. The summed E-state index contributed by atoms with van der Waals surface area (Å²) in [6.45, 7) is 12.7. The summed E-state index contributed by atoms with van der Waals surface area (Å²) in [5.74, 6) is 0.957. The van der Waals surface area contributed by atoms with Gasteiger partial charge in [-0.3, -0.25) is 0 Å². The van der Waals surface area contributed by atoms with E-state index in [0.717, 1.165) is 37.7 Å². The van der Waals surface area contributed by atoms with E-state index < -0.39 is 17.9 Å². The van der Waals surface area contributed by atoms with Gasteiger partial charge in [0.2, 0.25) is 0 Å². The summed E-state index contributed by atoms with van der Waals surface area (Å²) in [5, 5.41) is 20.5. The molecule has 1 unspecified atom stereocenters. The monoisotopic (exact) mass is 442 g/mol. The van der Waals surface area contributed by atoms with Crippen LogP contribution >= 0.6 is 0 Å². The van der Waals surface area contributed by atoms with Crippen molar-refractivity contribution in [3.63, 3.8) is 0 Å². The van der Waals surface area contributed by atoms with E-state index in [0.29, 0.717) is 23.8 Å². The first kappa shape index (κ1) is 25.2. The van der Waals surface area contributed by atoms with Crippen LogP contribution < -0.4 is 0 Å². The summed E-state index contributed by atoms with van der Waals surface area (Å²) < 4.78 is 14.1. The van der Waals surface area contributed by atoms with Crippen molar-refractivity contribution in [2.24, 2.45) is 17.3 Å². The standard InChI is InChI=1S/C29H43FO2/c1-6-29(32,7-2)17-8-10-20(3)25-14-15-26-22(11-9-16-28(25,26)5)12-13-23-18-24(31)19-27(30)21(23)4/h8,12-14,17,20,24,26-27,31-32H,4,6-7,9-11,15-16,18-19H2,1-3,5H3/b17-8+,22-12+,23-13-/t20-,24+,26?,27-,28+/m0/s1. The van der Waals surface area contributed by atoms with E-state index >= 15 is 0 Å². The van der Waals surface area contributed by atoms with Gasteiger partial charge < -0.3 is 10.2 Å². The summed E-state index contributed by atoms with van der Waals surface area (Å²) in [7, 11) is 0. The molecule has 2 fully saturated rings. The molecule has 178 valence electrons. The van der Waals surface area contributed by atoms with Gasteiger partial charge in [0, 0.05) is 6.42 Å². The minimum Gasteiger partial charge on any atom is -0.393 e. The molecule has 3 heteroatoms. The predicted molar refractivity (Wildman–Crippen MR) is 132 cm³/mol. The summed E-state index contributed by atoms with van der Waals surface area (Å²) in [5.41, 5.74) is 3.90. The van der Waals surface area contributed by atoms with Gasteiger partial charge in [0.1, 0.15) is 6.17 Å². The second-order valence-corrected chi connectivity index (χ2v) is 10.6. The van der Waals surface area contributed by atoms with Crippen molar-refractivity contribution < 1.29 is 14.6 Å². The zero-order chi connectivity index (χ0) is 23.5. The molecule has 3 rings (SSSR count). The Balaban J connectivity index is 1.73. The van der Waals surface area contributed by atoms with E-state index in [1.165, 1.54) is 18.4 Å². The summed E-state index contributed by atoms with van der Waals surface area (Å²) in [6, 6.07) is 0. The lowest BCUT2D eigenvalue weighted by atomic mass is 9.62. The third-order valence-electron chi connectivity index (χ3n) is 8.51. The van der Waals surface area contributed by atoms with Crippen molar-refractivity contribution in [1.29, 1.82) is 0 Å². The third kappa shape index (κ3) is 5.20. The molecule has 2 saturated carbocycles. The topological polar surface area (TPSA) is 40.5 Å². The fourth-order valence-electron chi connectivity index (χ4n) is 6.15. The average molecular weight is 443 g/mol.